The summed E-state index contributed by atoms with van der Waals surface area (Å²) in [4.78, 5) is 32.9. The summed E-state index contributed by atoms with van der Waals surface area (Å²) >= 11 is 0. The van der Waals surface area contributed by atoms with Crippen molar-refractivity contribution in [2.45, 2.75) is 26.3 Å². The van der Waals surface area contributed by atoms with Gasteiger partial charge in [0.25, 0.3) is 11.5 Å². The van der Waals surface area contributed by atoms with E-state index in [1.165, 1.54) is 0 Å². The lowest BCUT2D eigenvalue weighted by Crippen LogP contribution is -2.35. The van der Waals surface area contributed by atoms with Crippen LogP contribution in [0.5, 0.6) is 0 Å². The van der Waals surface area contributed by atoms with Crippen LogP contribution in [0.25, 0.3) is 10.9 Å². The molecule has 0 atom stereocenters. The van der Waals surface area contributed by atoms with Gasteiger partial charge in [0.05, 0.1) is 16.4 Å². The maximum Gasteiger partial charge on any atom is 0.258 e. The molecule has 2 aromatic rings. The second-order valence-electron chi connectivity index (χ2n) is 5.49. The molecule has 1 amide bonds. The number of aromatic amines is 1. The summed E-state index contributed by atoms with van der Waals surface area (Å²) in [5.74, 6) is 0.523. The summed E-state index contributed by atoms with van der Waals surface area (Å²) in [5.41, 5.74) is 1.57. The van der Waals surface area contributed by atoms with Crippen LogP contribution in [0.2, 0.25) is 0 Å². The predicted octanol–water partition coefficient (Wildman–Crippen LogP) is 1.55. The first-order valence-corrected chi connectivity index (χ1v) is 6.15. The van der Waals surface area contributed by atoms with Gasteiger partial charge in [-0.2, -0.15) is 0 Å². The lowest BCUT2D eigenvalue weighted by Gasteiger charge is -2.28. The zero-order valence-electron chi connectivity index (χ0n) is 11.4. The number of carbonyl (C=O) groups excluding carboxylic acids is 1. The van der Waals surface area contributed by atoms with Crippen LogP contribution in [0.4, 0.5) is 0 Å². The summed E-state index contributed by atoms with van der Waals surface area (Å²) in [6.07, 6.45) is 0. The summed E-state index contributed by atoms with van der Waals surface area (Å²) in [7, 11) is 1.77. The largest absolute Gasteiger partial charge is 0.332 e. The number of aryl methyl sites for hydroxylation is 1. The quantitative estimate of drug-likeness (QED) is 0.778. The number of hydrogen-bond acceptors (Lipinski definition) is 3. The first-order chi connectivity index (χ1) is 8.82. The van der Waals surface area contributed by atoms with E-state index in [4.69, 9.17) is 0 Å². The number of amides is 1. The number of fused-ring (bicyclic) bond motifs is 2. The Labute approximate surface area is 110 Å². The Morgan fingerprint density at radius 1 is 1.26 bits per heavy atom. The highest BCUT2D eigenvalue weighted by Crippen LogP contribution is 2.38. The van der Waals surface area contributed by atoms with Gasteiger partial charge in [0.2, 0.25) is 0 Å². The summed E-state index contributed by atoms with van der Waals surface area (Å²) < 4.78 is 0. The van der Waals surface area contributed by atoms with Crippen LogP contribution in [0.3, 0.4) is 0 Å². The zero-order valence-corrected chi connectivity index (χ0v) is 11.4. The van der Waals surface area contributed by atoms with E-state index in [-0.39, 0.29) is 17.0 Å². The minimum atomic E-state index is -0.376. The minimum Gasteiger partial charge on any atom is -0.332 e. The number of nitrogens with zero attached hydrogens (tertiary/aromatic N) is 2. The van der Waals surface area contributed by atoms with Gasteiger partial charge in [0.1, 0.15) is 5.82 Å². The highest BCUT2D eigenvalue weighted by atomic mass is 16.2. The first-order valence-electron chi connectivity index (χ1n) is 6.15. The molecule has 0 saturated carbocycles. The molecule has 1 aliphatic heterocycles. The molecule has 0 saturated heterocycles. The third-order valence-corrected chi connectivity index (χ3v) is 4.00. The van der Waals surface area contributed by atoms with Crippen molar-refractivity contribution in [1.29, 1.82) is 0 Å². The Bertz CT molecular complexity index is 774. The first kappa shape index (κ1) is 11.9. The average Bonchev–Trinajstić information content (AvgIpc) is 2.50. The predicted molar refractivity (Wildman–Crippen MR) is 72.2 cm³/mol. The smallest absolute Gasteiger partial charge is 0.258 e. The maximum absolute atomic E-state index is 12.2. The van der Waals surface area contributed by atoms with Gasteiger partial charge < -0.3 is 9.88 Å². The molecule has 2 heterocycles. The molecule has 5 heteroatoms. The minimum absolute atomic E-state index is 0.0538. The lowest BCUT2D eigenvalue weighted by molar-refractivity contribution is 0.0691. The van der Waals surface area contributed by atoms with Crippen molar-refractivity contribution in [2.75, 3.05) is 7.05 Å². The Morgan fingerprint density at radius 3 is 2.63 bits per heavy atom. The van der Waals surface area contributed by atoms with Crippen LogP contribution in [0.15, 0.2) is 16.9 Å². The molecule has 3 rings (SSSR count). The van der Waals surface area contributed by atoms with E-state index in [2.05, 4.69) is 9.97 Å². The number of aromatic nitrogens is 2. The number of rotatable bonds is 0. The van der Waals surface area contributed by atoms with Gasteiger partial charge in [0.15, 0.2) is 0 Å². The highest BCUT2D eigenvalue weighted by Gasteiger charge is 2.40. The second kappa shape index (κ2) is 3.44. The fourth-order valence-electron chi connectivity index (χ4n) is 2.60. The van der Waals surface area contributed by atoms with Crippen LogP contribution in [0.1, 0.15) is 35.6 Å². The van der Waals surface area contributed by atoms with Gasteiger partial charge in [-0.05, 0) is 38.5 Å². The van der Waals surface area contributed by atoms with E-state index in [9.17, 15) is 9.59 Å². The SMILES string of the molecule is Cc1nc2cc3c(cc2c(=O)[nH]1)C(=O)N(C)C3(C)C. The number of H-pyrrole nitrogens is 1. The number of hydrogen-bond donors (Lipinski definition) is 1. The van der Waals surface area contributed by atoms with E-state index in [1.807, 2.05) is 19.9 Å². The van der Waals surface area contributed by atoms with E-state index < -0.39 is 0 Å². The topological polar surface area (TPSA) is 66.1 Å². The molecule has 0 bridgehead atoms. The van der Waals surface area contributed by atoms with Gasteiger partial charge in [-0.1, -0.05) is 0 Å². The zero-order chi connectivity index (χ0) is 13.9. The van der Waals surface area contributed by atoms with Crippen LogP contribution in [0, 0.1) is 6.92 Å². The molecule has 0 unspecified atom stereocenters. The highest BCUT2D eigenvalue weighted by molar-refractivity contribution is 6.03. The van der Waals surface area contributed by atoms with E-state index in [1.54, 1.807) is 24.9 Å². The summed E-state index contributed by atoms with van der Waals surface area (Å²) in [5, 5.41) is 0.462. The molecule has 1 N–H and O–H groups in total. The second-order valence-corrected chi connectivity index (χ2v) is 5.49. The van der Waals surface area contributed by atoms with Gasteiger partial charge >= 0.3 is 0 Å². The van der Waals surface area contributed by atoms with Gasteiger partial charge in [0, 0.05) is 12.6 Å². The Kier molecular flexibility index (Phi) is 2.15. The molecular formula is C14H15N3O2. The third kappa shape index (κ3) is 1.44. The van der Waals surface area contributed by atoms with Crippen molar-refractivity contribution >= 4 is 16.8 Å². The molecule has 98 valence electrons. The molecule has 1 aromatic heterocycles. The molecule has 1 aromatic carbocycles. The van der Waals surface area contributed by atoms with Crippen LogP contribution in [-0.2, 0) is 5.54 Å². The van der Waals surface area contributed by atoms with Crippen molar-refractivity contribution in [3.8, 4) is 0 Å². The lowest BCUT2D eigenvalue weighted by atomic mass is 9.93. The molecule has 0 radical (unpaired) electrons. The monoisotopic (exact) mass is 257 g/mol. The Morgan fingerprint density at radius 2 is 1.95 bits per heavy atom. The Hall–Kier alpha value is -2.17. The van der Waals surface area contributed by atoms with Crippen molar-refractivity contribution in [2.24, 2.45) is 0 Å². The van der Waals surface area contributed by atoms with Crippen LogP contribution in [-0.4, -0.2) is 27.8 Å². The molecule has 19 heavy (non-hydrogen) atoms. The molecule has 0 aliphatic carbocycles. The van der Waals surface area contributed by atoms with Gasteiger partial charge in [-0.3, -0.25) is 9.59 Å². The van der Waals surface area contributed by atoms with Crippen molar-refractivity contribution in [3.05, 3.63) is 39.4 Å². The maximum atomic E-state index is 12.2. The normalized spacial score (nSPS) is 17.1. The molecular weight excluding hydrogens is 242 g/mol. The van der Waals surface area contributed by atoms with Crippen LogP contribution < -0.4 is 5.56 Å². The summed E-state index contributed by atoms with van der Waals surface area (Å²) in [6.45, 7) is 5.72. The standard InChI is InChI=1S/C14H15N3O2/c1-7-15-11-6-10-8(5-9(11)12(18)16-7)13(19)17(4)14(10,2)3/h5-6H,1-4H3,(H,15,16,18). The van der Waals surface area contributed by atoms with E-state index >= 15 is 0 Å². The molecule has 0 fully saturated rings. The number of carbonyl (C=O) groups is 1. The van der Waals surface area contributed by atoms with Gasteiger partial charge in [-0.15, -0.1) is 0 Å². The van der Waals surface area contributed by atoms with Crippen molar-refractivity contribution < 1.29 is 4.79 Å². The number of benzene rings is 1. The molecule has 1 aliphatic rings. The molecule has 5 nitrogen and oxygen atoms in total. The van der Waals surface area contributed by atoms with Gasteiger partial charge in [-0.25, -0.2) is 4.98 Å². The Balaban J connectivity index is 2.44. The fraction of sp³-hybridized carbons (Fsp3) is 0.357. The van der Waals surface area contributed by atoms with E-state index in [0.717, 1.165) is 5.56 Å². The fourth-order valence-corrected chi connectivity index (χ4v) is 2.60. The van der Waals surface area contributed by atoms with Crippen molar-refractivity contribution in [1.82, 2.24) is 14.9 Å². The van der Waals surface area contributed by atoms with Crippen LogP contribution >= 0.6 is 0 Å². The molecule has 0 spiro atoms. The summed E-state index contributed by atoms with van der Waals surface area (Å²) in [6, 6.07) is 3.51. The van der Waals surface area contributed by atoms with Crippen molar-refractivity contribution in [3.63, 3.8) is 0 Å². The number of nitrogens with one attached hydrogen (secondary N) is 1. The average molecular weight is 257 g/mol. The van der Waals surface area contributed by atoms with E-state index in [0.29, 0.717) is 22.3 Å². The third-order valence-electron chi connectivity index (χ3n) is 4.00.